The summed E-state index contributed by atoms with van der Waals surface area (Å²) >= 11 is 0. The molecule has 0 bridgehead atoms. The van der Waals surface area contributed by atoms with Crippen molar-refractivity contribution in [3.63, 3.8) is 0 Å². The summed E-state index contributed by atoms with van der Waals surface area (Å²) in [6.45, 7) is 8.29. The molecule has 0 amide bonds. The van der Waals surface area contributed by atoms with Gasteiger partial charge in [-0.15, -0.1) is 0 Å². The molecule has 0 fully saturated rings. The molecule has 1 aliphatic rings. The van der Waals surface area contributed by atoms with Crippen LogP contribution in [-0.4, -0.2) is 21.5 Å². The molecule has 1 aliphatic heterocycles. The molecular formula is C16H20N4. The summed E-state index contributed by atoms with van der Waals surface area (Å²) in [7, 11) is 0. The molecule has 3 rings (SSSR count). The average molecular weight is 268 g/mol. The van der Waals surface area contributed by atoms with Crippen molar-refractivity contribution in [1.82, 2.24) is 20.3 Å². The molecule has 2 aromatic heterocycles. The Balaban J connectivity index is 2.15. The van der Waals surface area contributed by atoms with Crippen LogP contribution < -0.4 is 5.32 Å². The summed E-state index contributed by atoms with van der Waals surface area (Å²) < 4.78 is 0. The van der Waals surface area contributed by atoms with E-state index < -0.39 is 0 Å². The van der Waals surface area contributed by atoms with E-state index in [1.165, 1.54) is 16.8 Å². The first-order chi connectivity index (χ1) is 9.65. The van der Waals surface area contributed by atoms with Crippen molar-refractivity contribution in [3.05, 3.63) is 40.8 Å². The highest BCUT2D eigenvalue weighted by atomic mass is 15.0. The van der Waals surface area contributed by atoms with Gasteiger partial charge in [-0.25, -0.2) is 9.97 Å². The highest BCUT2D eigenvalue weighted by Crippen LogP contribution is 2.25. The van der Waals surface area contributed by atoms with Crippen molar-refractivity contribution in [2.45, 2.75) is 39.7 Å². The smallest absolute Gasteiger partial charge is 0.178 e. The molecule has 4 nitrogen and oxygen atoms in total. The first-order valence-electron chi connectivity index (χ1n) is 7.18. The van der Waals surface area contributed by atoms with Crippen molar-refractivity contribution in [2.75, 3.05) is 6.54 Å². The molecule has 0 saturated carbocycles. The van der Waals surface area contributed by atoms with Crippen molar-refractivity contribution in [1.29, 1.82) is 0 Å². The van der Waals surface area contributed by atoms with Gasteiger partial charge in [-0.2, -0.15) is 0 Å². The third kappa shape index (κ3) is 2.43. The van der Waals surface area contributed by atoms with E-state index in [-0.39, 0.29) is 0 Å². The minimum absolute atomic E-state index is 0.411. The Labute approximate surface area is 119 Å². The Hall–Kier alpha value is -1.81. The molecule has 3 heterocycles. The second-order valence-corrected chi connectivity index (χ2v) is 5.66. The monoisotopic (exact) mass is 268 g/mol. The fraction of sp³-hybridized carbons (Fsp3) is 0.438. The second kappa shape index (κ2) is 5.29. The van der Waals surface area contributed by atoms with Gasteiger partial charge in [-0.3, -0.25) is 4.98 Å². The number of nitrogens with one attached hydrogen (secondary N) is 1. The Morgan fingerprint density at radius 3 is 2.85 bits per heavy atom. The van der Waals surface area contributed by atoms with Crippen LogP contribution in [-0.2, 0) is 13.0 Å². The average Bonchev–Trinajstić information content (AvgIpc) is 2.46. The maximum atomic E-state index is 4.80. The molecule has 0 saturated heterocycles. The molecule has 0 aliphatic carbocycles. The van der Waals surface area contributed by atoms with Gasteiger partial charge in [-0.1, -0.05) is 13.8 Å². The summed E-state index contributed by atoms with van der Waals surface area (Å²) in [5.41, 5.74) is 5.68. The topological polar surface area (TPSA) is 50.7 Å². The van der Waals surface area contributed by atoms with Crippen LogP contribution in [0.4, 0.5) is 0 Å². The molecule has 0 atom stereocenters. The number of hydrogen-bond acceptors (Lipinski definition) is 4. The molecule has 0 unspecified atom stereocenters. The van der Waals surface area contributed by atoms with E-state index in [4.69, 9.17) is 9.97 Å². The third-order valence-electron chi connectivity index (χ3n) is 3.66. The summed E-state index contributed by atoms with van der Waals surface area (Å²) in [4.78, 5) is 13.9. The molecule has 20 heavy (non-hydrogen) atoms. The van der Waals surface area contributed by atoms with Crippen LogP contribution in [0.1, 0.15) is 42.3 Å². The summed E-state index contributed by atoms with van der Waals surface area (Å²) in [5.74, 6) is 1.16. The Morgan fingerprint density at radius 1 is 1.25 bits per heavy atom. The summed E-state index contributed by atoms with van der Waals surface area (Å²) in [6.07, 6.45) is 2.84. The van der Waals surface area contributed by atoms with Crippen molar-refractivity contribution in [3.8, 4) is 11.5 Å². The SMILES string of the molecule is Cc1ccnc(-c2nc3c(c(C(C)C)n2)CCNC3)c1. The van der Waals surface area contributed by atoms with Gasteiger partial charge in [0.15, 0.2) is 5.82 Å². The Kier molecular flexibility index (Phi) is 3.49. The first kappa shape index (κ1) is 13.2. The minimum atomic E-state index is 0.411. The van der Waals surface area contributed by atoms with Gasteiger partial charge in [-0.05, 0) is 49.1 Å². The summed E-state index contributed by atoms with van der Waals surface area (Å²) in [5, 5.41) is 3.39. The lowest BCUT2D eigenvalue weighted by atomic mass is 9.97. The molecule has 1 N–H and O–H groups in total. The second-order valence-electron chi connectivity index (χ2n) is 5.66. The van der Waals surface area contributed by atoms with E-state index >= 15 is 0 Å². The maximum Gasteiger partial charge on any atom is 0.178 e. The normalized spacial score (nSPS) is 14.4. The summed E-state index contributed by atoms with van der Waals surface area (Å²) in [6, 6.07) is 4.04. The number of rotatable bonds is 2. The van der Waals surface area contributed by atoms with E-state index in [0.717, 1.165) is 36.7 Å². The van der Waals surface area contributed by atoms with Gasteiger partial charge < -0.3 is 5.32 Å². The number of aromatic nitrogens is 3. The third-order valence-corrected chi connectivity index (χ3v) is 3.66. The van der Waals surface area contributed by atoms with Gasteiger partial charge in [0.25, 0.3) is 0 Å². The van der Waals surface area contributed by atoms with Crippen molar-refractivity contribution in [2.24, 2.45) is 0 Å². The van der Waals surface area contributed by atoms with Crippen LogP contribution >= 0.6 is 0 Å². The molecule has 0 radical (unpaired) electrons. The molecule has 0 spiro atoms. The van der Waals surface area contributed by atoms with E-state index in [0.29, 0.717) is 5.92 Å². The number of fused-ring (bicyclic) bond motifs is 1. The zero-order chi connectivity index (χ0) is 14.1. The molecule has 2 aromatic rings. The fourth-order valence-corrected chi connectivity index (χ4v) is 2.64. The number of hydrogen-bond donors (Lipinski definition) is 1. The van der Waals surface area contributed by atoms with Gasteiger partial charge in [0.2, 0.25) is 0 Å². The van der Waals surface area contributed by atoms with E-state index in [1.54, 1.807) is 0 Å². The number of nitrogens with zero attached hydrogens (tertiary/aromatic N) is 3. The zero-order valence-corrected chi connectivity index (χ0v) is 12.3. The lowest BCUT2D eigenvalue weighted by molar-refractivity contribution is 0.609. The van der Waals surface area contributed by atoms with Crippen LogP contribution in [0.15, 0.2) is 18.3 Å². The van der Waals surface area contributed by atoms with E-state index in [9.17, 15) is 0 Å². The highest BCUT2D eigenvalue weighted by molar-refractivity contribution is 5.52. The lowest BCUT2D eigenvalue weighted by Gasteiger charge is -2.21. The Morgan fingerprint density at radius 2 is 2.10 bits per heavy atom. The van der Waals surface area contributed by atoms with Gasteiger partial charge in [0.1, 0.15) is 5.69 Å². The van der Waals surface area contributed by atoms with Crippen LogP contribution in [0.3, 0.4) is 0 Å². The Bertz CT molecular complexity index is 634. The number of aryl methyl sites for hydroxylation is 1. The quantitative estimate of drug-likeness (QED) is 0.909. The molecule has 0 aromatic carbocycles. The predicted octanol–water partition coefficient (Wildman–Crippen LogP) is 2.62. The zero-order valence-electron chi connectivity index (χ0n) is 12.3. The largest absolute Gasteiger partial charge is 0.311 e. The molecular weight excluding hydrogens is 248 g/mol. The predicted molar refractivity (Wildman–Crippen MR) is 79.5 cm³/mol. The van der Waals surface area contributed by atoms with Crippen molar-refractivity contribution >= 4 is 0 Å². The molecule has 4 heteroatoms. The van der Waals surface area contributed by atoms with Crippen LogP contribution in [0.25, 0.3) is 11.5 Å². The van der Waals surface area contributed by atoms with Crippen LogP contribution in [0.2, 0.25) is 0 Å². The van der Waals surface area contributed by atoms with Gasteiger partial charge in [0, 0.05) is 12.7 Å². The van der Waals surface area contributed by atoms with Gasteiger partial charge >= 0.3 is 0 Å². The fourth-order valence-electron chi connectivity index (χ4n) is 2.64. The van der Waals surface area contributed by atoms with E-state index in [1.807, 2.05) is 18.3 Å². The standard InChI is InChI=1S/C16H20N4/c1-10(2)15-12-5-6-17-9-14(12)19-16(20-15)13-8-11(3)4-7-18-13/h4,7-8,10,17H,5-6,9H2,1-3H3. The minimum Gasteiger partial charge on any atom is -0.311 e. The number of pyridine rings is 1. The maximum absolute atomic E-state index is 4.80. The molecule has 104 valence electrons. The van der Waals surface area contributed by atoms with Crippen LogP contribution in [0.5, 0.6) is 0 Å². The van der Waals surface area contributed by atoms with E-state index in [2.05, 4.69) is 31.1 Å². The highest BCUT2D eigenvalue weighted by Gasteiger charge is 2.20. The van der Waals surface area contributed by atoms with Gasteiger partial charge in [0.05, 0.1) is 11.4 Å². The van der Waals surface area contributed by atoms with Crippen LogP contribution in [0, 0.1) is 6.92 Å². The first-order valence-corrected chi connectivity index (χ1v) is 7.18. The lowest BCUT2D eigenvalue weighted by Crippen LogP contribution is -2.27. The van der Waals surface area contributed by atoms with Crippen molar-refractivity contribution < 1.29 is 0 Å².